The van der Waals surface area contributed by atoms with E-state index in [-0.39, 0.29) is 4.90 Å². The van der Waals surface area contributed by atoms with E-state index in [0.29, 0.717) is 35.3 Å². The molecule has 0 amide bonds. The van der Waals surface area contributed by atoms with Crippen LogP contribution >= 0.6 is 11.6 Å². The molecule has 0 aliphatic carbocycles. The summed E-state index contributed by atoms with van der Waals surface area (Å²) >= 11 is 6.30. The molecule has 0 aliphatic rings. The van der Waals surface area contributed by atoms with Crippen molar-refractivity contribution in [2.45, 2.75) is 45.1 Å². The van der Waals surface area contributed by atoms with Gasteiger partial charge in [0.1, 0.15) is 10.9 Å². The first-order valence-corrected chi connectivity index (χ1v) is 10.3. The third kappa shape index (κ3) is 4.98. The highest BCUT2D eigenvalue weighted by Crippen LogP contribution is 2.19. The third-order valence-electron chi connectivity index (χ3n) is 3.64. The Morgan fingerprint density at radius 2 is 2.00 bits per heavy atom. The van der Waals surface area contributed by atoms with Crippen LogP contribution in [0.4, 0.5) is 0 Å². The van der Waals surface area contributed by atoms with Gasteiger partial charge in [0.05, 0.1) is 29.0 Å². The molecule has 0 radical (unpaired) electrons. The molecular formula is C17H23ClN4O3S. The lowest BCUT2D eigenvalue weighted by Crippen LogP contribution is -2.18. The highest BCUT2D eigenvalue weighted by molar-refractivity contribution is 7.89. The van der Waals surface area contributed by atoms with E-state index in [1.807, 2.05) is 6.92 Å². The van der Waals surface area contributed by atoms with Crippen molar-refractivity contribution in [1.82, 2.24) is 14.6 Å². The van der Waals surface area contributed by atoms with Crippen LogP contribution in [0.2, 0.25) is 5.15 Å². The van der Waals surface area contributed by atoms with E-state index in [0.717, 1.165) is 12.8 Å². The van der Waals surface area contributed by atoms with Crippen molar-refractivity contribution in [3.05, 3.63) is 40.7 Å². The Balaban J connectivity index is 2.10. The van der Waals surface area contributed by atoms with Crippen molar-refractivity contribution in [1.29, 1.82) is 0 Å². The molecule has 0 saturated heterocycles. The molecule has 1 aromatic carbocycles. The largest absolute Gasteiger partial charge is 0.494 e. The molecule has 142 valence electrons. The van der Waals surface area contributed by atoms with Crippen LogP contribution in [-0.2, 0) is 16.6 Å². The lowest BCUT2D eigenvalue weighted by Gasteiger charge is -2.05. The number of nitrogens with one attached hydrogen (secondary N) is 1. The Morgan fingerprint density at radius 1 is 1.31 bits per heavy atom. The first-order valence-electron chi connectivity index (χ1n) is 8.39. The summed E-state index contributed by atoms with van der Waals surface area (Å²) in [7, 11) is -3.77. The molecule has 26 heavy (non-hydrogen) atoms. The van der Waals surface area contributed by atoms with Gasteiger partial charge in [-0.1, -0.05) is 24.9 Å². The minimum absolute atomic E-state index is 0.0968. The zero-order chi connectivity index (χ0) is 19.2. The number of hydrogen-bond donors (Lipinski definition) is 1. The zero-order valence-electron chi connectivity index (χ0n) is 15.1. The molecule has 0 atom stereocenters. The first-order chi connectivity index (χ1) is 12.4. The fourth-order valence-corrected chi connectivity index (χ4v) is 3.36. The Kier molecular flexibility index (Phi) is 7.05. The number of ether oxygens (including phenoxy) is 1. The Hall–Kier alpha value is -2.06. The fraction of sp³-hybridized carbons (Fsp3) is 0.412. The standard InChI is InChI=1S/C17H23ClN4O3S/c1-4-6-11-22-17(18)16(13(3)20-22)12-19-21-26(23,24)15-9-7-14(8-10-15)25-5-2/h7-10,12,21H,4-6,11H2,1-3H3/b19-12-. The second-order valence-corrected chi connectivity index (χ2v) is 7.64. The fourth-order valence-electron chi connectivity index (χ4n) is 2.26. The van der Waals surface area contributed by atoms with Crippen LogP contribution in [0.1, 0.15) is 37.9 Å². The number of aryl methyl sites for hydroxylation is 2. The van der Waals surface area contributed by atoms with Gasteiger partial charge in [-0.15, -0.1) is 0 Å². The van der Waals surface area contributed by atoms with Crippen molar-refractivity contribution in [3.63, 3.8) is 0 Å². The molecule has 1 N–H and O–H groups in total. The second-order valence-electron chi connectivity index (χ2n) is 5.62. The third-order valence-corrected chi connectivity index (χ3v) is 5.28. The van der Waals surface area contributed by atoms with E-state index >= 15 is 0 Å². The van der Waals surface area contributed by atoms with E-state index in [1.165, 1.54) is 18.3 Å². The summed E-state index contributed by atoms with van der Waals surface area (Å²) < 4.78 is 31.6. The number of aromatic nitrogens is 2. The van der Waals surface area contributed by atoms with Gasteiger partial charge >= 0.3 is 0 Å². The maximum absolute atomic E-state index is 12.3. The van der Waals surface area contributed by atoms with E-state index < -0.39 is 10.0 Å². The average Bonchev–Trinajstić information content (AvgIpc) is 2.88. The molecule has 1 heterocycles. The number of benzene rings is 1. The van der Waals surface area contributed by atoms with E-state index in [4.69, 9.17) is 16.3 Å². The van der Waals surface area contributed by atoms with E-state index in [1.54, 1.807) is 23.7 Å². The minimum Gasteiger partial charge on any atom is -0.494 e. The van der Waals surface area contributed by atoms with Crippen molar-refractivity contribution in [2.75, 3.05) is 6.61 Å². The van der Waals surface area contributed by atoms with Crippen molar-refractivity contribution >= 4 is 27.8 Å². The lowest BCUT2D eigenvalue weighted by atomic mass is 10.3. The summed E-state index contributed by atoms with van der Waals surface area (Å²) in [4.78, 5) is 2.28. The van der Waals surface area contributed by atoms with Crippen LogP contribution in [0, 0.1) is 6.92 Å². The van der Waals surface area contributed by atoms with E-state index in [2.05, 4.69) is 22.0 Å². The van der Waals surface area contributed by atoms with Crippen molar-refractivity contribution in [2.24, 2.45) is 5.10 Å². The SMILES string of the molecule is CCCCn1nc(C)c(/C=N\NS(=O)(=O)c2ccc(OCC)cc2)c1Cl. The molecule has 2 aromatic rings. The number of hydrazone groups is 1. The van der Waals surface area contributed by atoms with Gasteiger partial charge < -0.3 is 4.74 Å². The topological polar surface area (TPSA) is 85.6 Å². The van der Waals surface area contributed by atoms with Crippen LogP contribution in [0.5, 0.6) is 5.75 Å². The monoisotopic (exact) mass is 398 g/mol. The zero-order valence-corrected chi connectivity index (χ0v) is 16.6. The van der Waals surface area contributed by atoms with Crippen LogP contribution in [-0.4, -0.2) is 31.0 Å². The molecule has 0 saturated carbocycles. The normalized spacial score (nSPS) is 11.8. The summed E-state index contributed by atoms with van der Waals surface area (Å²) in [5.41, 5.74) is 1.28. The molecular weight excluding hydrogens is 376 g/mol. The van der Waals surface area contributed by atoms with Gasteiger partial charge in [0.2, 0.25) is 0 Å². The molecule has 0 unspecified atom stereocenters. The highest BCUT2D eigenvalue weighted by Gasteiger charge is 2.14. The summed E-state index contributed by atoms with van der Waals surface area (Å²) in [6.07, 6.45) is 3.36. The molecule has 0 aliphatic heterocycles. The van der Waals surface area contributed by atoms with Gasteiger partial charge in [0, 0.05) is 6.54 Å². The van der Waals surface area contributed by atoms with Gasteiger partial charge in [-0.2, -0.15) is 18.6 Å². The summed E-state index contributed by atoms with van der Waals surface area (Å²) in [5.74, 6) is 0.608. The number of nitrogens with zero attached hydrogens (tertiary/aromatic N) is 3. The van der Waals surface area contributed by atoms with Gasteiger partial charge in [-0.3, -0.25) is 4.68 Å². The second kappa shape index (κ2) is 9.05. The van der Waals surface area contributed by atoms with Gasteiger partial charge in [-0.05, 0) is 44.5 Å². The van der Waals surface area contributed by atoms with Gasteiger partial charge in [0.15, 0.2) is 0 Å². The van der Waals surface area contributed by atoms with Crippen LogP contribution in [0.25, 0.3) is 0 Å². The summed E-state index contributed by atoms with van der Waals surface area (Å²) in [6.45, 7) is 6.97. The Bertz CT molecular complexity index is 861. The van der Waals surface area contributed by atoms with Gasteiger partial charge in [-0.25, -0.2) is 4.83 Å². The molecule has 0 bridgehead atoms. The Morgan fingerprint density at radius 3 is 2.62 bits per heavy atom. The molecule has 9 heteroatoms. The molecule has 7 nitrogen and oxygen atoms in total. The number of halogens is 1. The number of unbranched alkanes of at least 4 members (excludes halogenated alkanes) is 1. The van der Waals surface area contributed by atoms with E-state index in [9.17, 15) is 8.42 Å². The van der Waals surface area contributed by atoms with Crippen LogP contribution < -0.4 is 9.57 Å². The maximum Gasteiger partial charge on any atom is 0.276 e. The number of hydrogen-bond acceptors (Lipinski definition) is 5. The van der Waals surface area contributed by atoms with Crippen molar-refractivity contribution < 1.29 is 13.2 Å². The predicted octanol–water partition coefficient (Wildman–Crippen LogP) is 3.36. The molecule has 2 rings (SSSR count). The maximum atomic E-state index is 12.3. The van der Waals surface area contributed by atoms with Gasteiger partial charge in [0.25, 0.3) is 10.0 Å². The number of sulfonamides is 1. The summed E-state index contributed by atoms with van der Waals surface area (Å²) in [5, 5.41) is 8.63. The minimum atomic E-state index is -3.77. The van der Waals surface area contributed by atoms with Crippen LogP contribution in [0.3, 0.4) is 0 Å². The van der Waals surface area contributed by atoms with Crippen LogP contribution in [0.15, 0.2) is 34.3 Å². The predicted molar refractivity (Wildman–Crippen MR) is 102 cm³/mol. The highest BCUT2D eigenvalue weighted by atomic mass is 35.5. The quantitative estimate of drug-likeness (QED) is 0.518. The smallest absolute Gasteiger partial charge is 0.276 e. The Labute approximate surface area is 159 Å². The first kappa shape index (κ1) is 20.3. The number of rotatable bonds is 9. The lowest BCUT2D eigenvalue weighted by molar-refractivity contribution is 0.340. The summed E-state index contributed by atoms with van der Waals surface area (Å²) in [6, 6.07) is 6.12. The molecule has 0 fully saturated rings. The average molecular weight is 399 g/mol. The molecule has 0 spiro atoms. The molecule has 1 aromatic heterocycles. The van der Waals surface area contributed by atoms with Crippen molar-refractivity contribution in [3.8, 4) is 5.75 Å².